The molecule has 236 valence electrons. The number of carbonyl (C=O) groups excluding carboxylic acids is 2. The Morgan fingerprint density at radius 3 is 1.58 bits per heavy atom. The van der Waals surface area contributed by atoms with Crippen LogP contribution >= 0.6 is 58.0 Å². The normalized spacial score (nSPS) is 12.5. The SMILES string of the molecule is Cc1cc(Cl)nc(NC(=O)Nc2ccc(Cl)c(Cl)c2)n1.Cc1cc(N2CCCCC2)nc(NC(=O)Nc2ccc(Cl)c(Cl)c2)n1. The van der Waals surface area contributed by atoms with Crippen LogP contribution in [-0.4, -0.2) is 45.1 Å². The highest BCUT2D eigenvalue weighted by molar-refractivity contribution is 6.42. The summed E-state index contributed by atoms with van der Waals surface area (Å²) in [6.45, 7) is 5.59. The molecule has 0 aliphatic carbocycles. The standard InChI is InChI=1S/C17H19Cl2N5O.C12H9Cl3N4O/c1-11-9-15(24-7-3-2-4-8-24)22-16(20-11)23-17(25)21-12-5-6-13(18)14(19)10-12;1-6-4-10(15)18-11(16-6)19-12(20)17-7-2-3-8(13)9(14)5-7/h5-6,9-10H,2-4,7-8H2,1H3,(H2,20,21,22,23,25);2-5H,1H3,(H2,16,17,18,19,20). The van der Waals surface area contributed by atoms with Crippen molar-refractivity contribution < 1.29 is 9.59 Å². The van der Waals surface area contributed by atoms with E-state index in [1.54, 1.807) is 43.3 Å². The van der Waals surface area contributed by atoms with Crippen molar-refractivity contribution >= 4 is 99.2 Å². The van der Waals surface area contributed by atoms with Crippen molar-refractivity contribution in [2.45, 2.75) is 33.1 Å². The van der Waals surface area contributed by atoms with Gasteiger partial charge in [0.25, 0.3) is 0 Å². The maximum absolute atomic E-state index is 12.2. The molecular weight excluding hydrogens is 684 g/mol. The van der Waals surface area contributed by atoms with Gasteiger partial charge in [-0.15, -0.1) is 0 Å². The van der Waals surface area contributed by atoms with E-state index in [0.29, 0.717) is 37.2 Å². The summed E-state index contributed by atoms with van der Waals surface area (Å²) in [5.41, 5.74) is 2.49. The van der Waals surface area contributed by atoms with Crippen molar-refractivity contribution in [3.63, 3.8) is 0 Å². The zero-order valence-corrected chi connectivity index (χ0v) is 27.9. The number of amides is 4. The predicted octanol–water partition coefficient (Wildman–Crippen LogP) is 9.12. The van der Waals surface area contributed by atoms with Crippen molar-refractivity contribution in [2.24, 2.45) is 0 Å². The molecule has 0 unspecified atom stereocenters. The van der Waals surface area contributed by atoms with E-state index in [2.05, 4.69) is 46.1 Å². The van der Waals surface area contributed by atoms with Gasteiger partial charge < -0.3 is 15.5 Å². The number of piperidine rings is 1. The summed E-state index contributed by atoms with van der Waals surface area (Å²) in [7, 11) is 0. The van der Waals surface area contributed by atoms with Crippen molar-refractivity contribution in [3.05, 3.63) is 85.2 Å². The molecule has 0 bridgehead atoms. The second kappa shape index (κ2) is 16.1. The Morgan fingerprint density at radius 1 is 0.600 bits per heavy atom. The summed E-state index contributed by atoms with van der Waals surface area (Å²) in [6.07, 6.45) is 3.56. The van der Waals surface area contributed by atoms with Gasteiger partial charge in [0, 0.05) is 41.9 Å². The van der Waals surface area contributed by atoms with E-state index in [-0.39, 0.29) is 17.0 Å². The summed E-state index contributed by atoms with van der Waals surface area (Å²) in [6, 6.07) is 12.2. The highest BCUT2D eigenvalue weighted by Gasteiger charge is 2.15. The molecule has 0 radical (unpaired) electrons. The first kappa shape index (κ1) is 34.3. The van der Waals surface area contributed by atoms with Crippen LogP contribution in [0.25, 0.3) is 0 Å². The van der Waals surface area contributed by atoms with Crippen molar-refractivity contribution in [1.29, 1.82) is 0 Å². The van der Waals surface area contributed by atoms with Crippen LogP contribution in [0.3, 0.4) is 0 Å². The van der Waals surface area contributed by atoms with Gasteiger partial charge in [0.05, 0.1) is 20.1 Å². The Morgan fingerprint density at radius 2 is 1.09 bits per heavy atom. The minimum Gasteiger partial charge on any atom is -0.356 e. The van der Waals surface area contributed by atoms with E-state index in [1.165, 1.54) is 12.5 Å². The number of hydrogen-bond donors (Lipinski definition) is 4. The molecule has 1 fully saturated rings. The fourth-order valence-electron chi connectivity index (χ4n) is 4.15. The van der Waals surface area contributed by atoms with Crippen LogP contribution in [0.2, 0.25) is 25.2 Å². The monoisotopic (exact) mass is 709 g/mol. The number of rotatable bonds is 5. The van der Waals surface area contributed by atoms with Crippen LogP contribution in [0.15, 0.2) is 48.5 Å². The molecule has 0 atom stereocenters. The molecule has 4 aromatic rings. The minimum absolute atomic E-state index is 0.118. The van der Waals surface area contributed by atoms with Gasteiger partial charge in [-0.1, -0.05) is 58.0 Å². The van der Waals surface area contributed by atoms with Crippen molar-refractivity contribution in [1.82, 2.24) is 19.9 Å². The Kier molecular flexibility index (Phi) is 12.3. The van der Waals surface area contributed by atoms with E-state index < -0.39 is 12.1 Å². The quantitative estimate of drug-likeness (QED) is 0.152. The van der Waals surface area contributed by atoms with E-state index >= 15 is 0 Å². The Bertz CT molecular complexity index is 1670. The molecule has 5 rings (SSSR count). The van der Waals surface area contributed by atoms with Gasteiger partial charge in [-0.3, -0.25) is 10.6 Å². The molecule has 1 aliphatic rings. The largest absolute Gasteiger partial charge is 0.356 e. The molecule has 2 aromatic carbocycles. The summed E-state index contributed by atoms with van der Waals surface area (Å²) in [5, 5.41) is 12.2. The maximum Gasteiger partial charge on any atom is 0.326 e. The van der Waals surface area contributed by atoms with Gasteiger partial charge >= 0.3 is 12.1 Å². The number of nitrogens with zero attached hydrogens (tertiary/aromatic N) is 5. The number of urea groups is 2. The number of anilines is 5. The summed E-state index contributed by atoms with van der Waals surface area (Å²) >= 11 is 29.2. The average molecular weight is 712 g/mol. The Labute approximate surface area is 285 Å². The summed E-state index contributed by atoms with van der Waals surface area (Å²) in [5.74, 6) is 1.24. The van der Waals surface area contributed by atoms with E-state index in [0.717, 1.165) is 37.4 Å². The number of aryl methyl sites for hydroxylation is 2. The van der Waals surface area contributed by atoms with Gasteiger partial charge in [-0.25, -0.2) is 24.5 Å². The zero-order chi connectivity index (χ0) is 32.5. The second-order valence-electron chi connectivity index (χ2n) is 9.81. The minimum atomic E-state index is -0.509. The topological polar surface area (TPSA) is 137 Å². The lowest BCUT2D eigenvalue weighted by molar-refractivity contribution is 0.261. The molecule has 0 spiro atoms. The van der Waals surface area contributed by atoms with Gasteiger partial charge in [0.15, 0.2) is 0 Å². The number of benzene rings is 2. The smallest absolute Gasteiger partial charge is 0.326 e. The molecule has 1 saturated heterocycles. The highest BCUT2D eigenvalue weighted by Crippen LogP contribution is 2.26. The number of carbonyl (C=O) groups is 2. The summed E-state index contributed by atoms with van der Waals surface area (Å²) in [4.78, 5) is 42.9. The number of halogens is 5. The van der Waals surface area contributed by atoms with Crippen LogP contribution in [0.4, 0.5) is 38.7 Å². The van der Waals surface area contributed by atoms with Crippen LogP contribution in [0, 0.1) is 13.8 Å². The lowest BCUT2D eigenvalue weighted by Gasteiger charge is -2.28. The number of hydrogen-bond acceptors (Lipinski definition) is 7. The van der Waals surface area contributed by atoms with E-state index in [1.807, 2.05) is 13.0 Å². The highest BCUT2D eigenvalue weighted by atomic mass is 35.5. The molecular formula is C29H28Cl5N9O2. The molecule has 4 amide bonds. The molecule has 3 heterocycles. The van der Waals surface area contributed by atoms with E-state index in [9.17, 15) is 9.59 Å². The third-order valence-corrected chi connectivity index (χ3v) is 7.82. The van der Waals surface area contributed by atoms with Gasteiger partial charge in [0.2, 0.25) is 11.9 Å². The zero-order valence-electron chi connectivity index (χ0n) is 24.1. The average Bonchev–Trinajstić information content (AvgIpc) is 2.97. The number of nitrogens with one attached hydrogen (secondary N) is 4. The van der Waals surface area contributed by atoms with Gasteiger partial charge in [-0.05, 0) is 75.6 Å². The Balaban J connectivity index is 0.000000210. The third kappa shape index (κ3) is 10.8. The fourth-order valence-corrected chi connectivity index (χ4v) is 4.99. The lowest BCUT2D eigenvalue weighted by atomic mass is 10.1. The second-order valence-corrected chi connectivity index (χ2v) is 11.8. The summed E-state index contributed by atoms with van der Waals surface area (Å²) < 4.78 is 0. The first-order valence-corrected chi connectivity index (χ1v) is 15.5. The third-order valence-electron chi connectivity index (χ3n) is 6.15. The Hall–Kier alpha value is -3.61. The molecule has 4 N–H and O–H groups in total. The molecule has 1 aliphatic heterocycles. The fraction of sp³-hybridized carbons (Fsp3) is 0.241. The predicted molar refractivity (Wildman–Crippen MR) is 183 cm³/mol. The van der Waals surface area contributed by atoms with E-state index in [4.69, 9.17) is 58.0 Å². The molecule has 2 aromatic heterocycles. The molecule has 11 nitrogen and oxygen atoms in total. The number of aromatic nitrogens is 4. The first-order chi connectivity index (χ1) is 21.4. The van der Waals surface area contributed by atoms with Crippen LogP contribution in [-0.2, 0) is 0 Å². The maximum atomic E-state index is 12.2. The van der Waals surface area contributed by atoms with Crippen LogP contribution in [0.5, 0.6) is 0 Å². The molecule has 0 saturated carbocycles. The van der Waals surface area contributed by atoms with Crippen molar-refractivity contribution in [2.75, 3.05) is 39.3 Å². The van der Waals surface area contributed by atoms with Crippen LogP contribution < -0.4 is 26.2 Å². The molecule has 45 heavy (non-hydrogen) atoms. The first-order valence-electron chi connectivity index (χ1n) is 13.6. The van der Waals surface area contributed by atoms with Crippen LogP contribution in [0.1, 0.15) is 30.7 Å². The van der Waals surface area contributed by atoms with Gasteiger partial charge in [-0.2, -0.15) is 4.98 Å². The lowest BCUT2D eigenvalue weighted by Crippen LogP contribution is -2.31. The van der Waals surface area contributed by atoms with Crippen molar-refractivity contribution in [3.8, 4) is 0 Å². The molecule has 16 heteroatoms. The van der Waals surface area contributed by atoms with Gasteiger partial charge in [0.1, 0.15) is 11.0 Å².